The quantitative estimate of drug-likeness (QED) is 0.676. The number of amides is 1. The van der Waals surface area contributed by atoms with E-state index in [0.29, 0.717) is 5.69 Å². The zero-order valence-corrected chi connectivity index (χ0v) is 11.5. The minimum atomic E-state index is -0.627. The maximum atomic E-state index is 11.4. The Morgan fingerprint density at radius 1 is 1.29 bits per heavy atom. The van der Waals surface area contributed by atoms with Crippen LogP contribution in [-0.2, 0) is 11.3 Å². The highest BCUT2D eigenvalue weighted by Gasteiger charge is 2.01. The number of hydrogen-bond acceptors (Lipinski definition) is 5. The van der Waals surface area contributed by atoms with Crippen LogP contribution in [0.15, 0.2) is 53.8 Å². The van der Waals surface area contributed by atoms with Crippen molar-refractivity contribution in [2.45, 2.75) is 6.61 Å². The van der Waals surface area contributed by atoms with Gasteiger partial charge in [-0.2, -0.15) is 5.10 Å². The third-order valence-electron chi connectivity index (χ3n) is 2.57. The Labute approximate surface area is 122 Å². The van der Waals surface area contributed by atoms with Crippen molar-refractivity contribution in [2.75, 3.05) is 7.11 Å². The summed E-state index contributed by atoms with van der Waals surface area (Å²) in [5.41, 5.74) is 3.77. The van der Waals surface area contributed by atoms with Gasteiger partial charge in [-0.3, -0.25) is 4.98 Å². The van der Waals surface area contributed by atoms with Gasteiger partial charge in [0.25, 0.3) is 0 Å². The maximum Gasteiger partial charge on any atom is 0.428 e. The van der Waals surface area contributed by atoms with Crippen LogP contribution < -0.4 is 10.2 Å². The van der Waals surface area contributed by atoms with Crippen LogP contribution in [0.3, 0.4) is 0 Å². The average Bonchev–Trinajstić information content (AvgIpc) is 2.54. The number of rotatable bonds is 5. The van der Waals surface area contributed by atoms with Crippen LogP contribution in [0.5, 0.6) is 5.75 Å². The van der Waals surface area contributed by atoms with Crippen LogP contribution in [0.4, 0.5) is 4.79 Å². The molecule has 21 heavy (non-hydrogen) atoms. The number of hydrazone groups is 1. The molecule has 6 nitrogen and oxygen atoms in total. The van der Waals surface area contributed by atoms with Crippen molar-refractivity contribution in [1.29, 1.82) is 0 Å². The fraction of sp³-hybridized carbons (Fsp3) is 0.133. The minimum Gasteiger partial charge on any atom is -0.497 e. The highest BCUT2D eigenvalue weighted by Crippen LogP contribution is 2.11. The first-order valence-corrected chi connectivity index (χ1v) is 6.28. The van der Waals surface area contributed by atoms with E-state index in [1.165, 1.54) is 6.21 Å². The number of methoxy groups -OCH3 is 1. The lowest BCUT2D eigenvalue weighted by Gasteiger charge is -2.05. The third-order valence-corrected chi connectivity index (χ3v) is 2.57. The summed E-state index contributed by atoms with van der Waals surface area (Å²) in [7, 11) is 1.60. The fourth-order valence-electron chi connectivity index (χ4n) is 1.51. The second-order valence-corrected chi connectivity index (χ2v) is 4.05. The second-order valence-electron chi connectivity index (χ2n) is 4.05. The zero-order valence-electron chi connectivity index (χ0n) is 11.5. The number of nitrogens with zero attached hydrogens (tertiary/aromatic N) is 2. The van der Waals surface area contributed by atoms with Gasteiger partial charge in [0.1, 0.15) is 12.4 Å². The molecule has 0 fully saturated rings. The van der Waals surface area contributed by atoms with Gasteiger partial charge in [0.2, 0.25) is 0 Å². The molecule has 0 atom stereocenters. The smallest absolute Gasteiger partial charge is 0.428 e. The third kappa shape index (κ3) is 4.94. The first kappa shape index (κ1) is 14.5. The molecule has 1 amide bonds. The Balaban J connectivity index is 1.75. The van der Waals surface area contributed by atoms with E-state index in [-0.39, 0.29) is 6.61 Å². The molecule has 108 valence electrons. The molecule has 0 saturated heterocycles. The fourth-order valence-corrected chi connectivity index (χ4v) is 1.51. The molecule has 0 aliphatic heterocycles. The summed E-state index contributed by atoms with van der Waals surface area (Å²) in [6.07, 6.45) is 2.45. The molecule has 6 heteroatoms. The van der Waals surface area contributed by atoms with E-state index in [0.717, 1.165) is 11.3 Å². The lowest BCUT2D eigenvalue weighted by Crippen LogP contribution is -2.18. The van der Waals surface area contributed by atoms with Gasteiger partial charge < -0.3 is 9.47 Å². The largest absolute Gasteiger partial charge is 0.497 e. The summed E-state index contributed by atoms with van der Waals surface area (Å²) < 4.78 is 10.1. The van der Waals surface area contributed by atoms with Crippen molar-refractivity contribution in [2.24, 2.45) is 5.10 Å². The molecule has 0 spiro atoms. The van der Waals surface area contributed by atoms with E-state index in [1.807, 2.05) is 18.2 Å². The summed E-state index contributed by atoms with van der Waals surface area (Å²) in [5.74, 6) is 0.753. The molecular weight excluding hydrogens is 270 g/mol. The summed E-state index contributed by atoms with van der Waals surface area (Å²) >= 11 is 0. The summed E-state index contributed by atoms with van der Waals surface area (Å²) in [6, 6.07) is 12.6. The molecule has 0 aliphatic carbocycles. The van der Waals surface area contributed by atoms with Crippen LogP contribution in [0.25, 0.3) is 0 Å². The SMILES string of the molecule is COc1ccc(COC(=O)NN=Cc2ccccn2)cc1. The van der Waals surface area contributed by atoms with Gasteiger partial charge in [-0.05, 0) is 29.8 Å². The lowest BCUT2D eigenvalue weighted by atomic mass is 10.2. The van der Waals surface area contributed by atoms with Crippen LogP contribution >= 0.6 is 0 Å². The van der Waals surface area contributed by atoms with Crippen molar-refractivity contribution >= 4 is 12.3 Å². The van der Waals surface area contributed by atoms with E-state index in [9.17, 15) is 4.79 Å². The molecule has 1 aromatic heterocycles. The highest BCUT2D eigenvalue weighted by atomic mass is 16.6. The van der Waals surface area contributed by atoms with Crippen LogP contribution in [0.1, 0.15) is 11.3 Å². The molecule has 1 heterocycles. The van der Waals surface area contributed by atoms with Crippen molar-refractivity contribution in [3.05, 3.63) is 59.9 Å². The predicted molar refractivity (Wildman–Crippen MR) is 78.1 cm³/mol. The van der Waals surface area contributed by atoms with Gasteiger partial charge in [0, 0.05) is 6.20 Å². The van der Waals surface area contributed by atoms with Gasteiger partial charge in [-0.15, -0.1) is 0 Å². The molecule has 1 N–H and O–H groups in total. The number of benzene rings is 1. The summed E-state index contributed by atoms with van der Waals surface area (Å²) in [4.78, 5) is 15.5. The normalized spacial score (nSPS) is 10.3. The number of hydrogen-bond donors (Lipinski definition) is 1. The van der Waals surface area contributed by atoms with E-state index in [2.05, 4.69) is 15.5 Å². The number of aromatic nitrogens is 1. The van der Waals surface area contributed by atoms with Crippen LogP contribution in [0, 0.1) is 0 Å². The molecule has 0 saturated carbocycles. The Morgan fingerprint density at radius 2 is 2.10 bits per heavy atom. The molecule has 0 unspecified atom stereocenters. The lowest BCUT2D eigenvalue weighted by molar-refractivity contribution is 0.140. The van der Waals surface area contributed by atoms with Crippen molar-refractivity contribution in [3.8, 4) is 5.75 Å². The molecule has 0 radical (unpaired) electrons. The van der Waals surface area contributed by atoms with Crippen LogP contribution in [-0.4, -0.2) is 24.4 Å². The number of ether oxygens (including phenoxy) is 2. The Bertz CT molecular complexity index is 597. The van der Waals surface area contributed by atoms with Gasteiger partial charge >= 0.3 is 6.09 Å². The molecule has 0 aliphatic rings. The Hall–Kier alpha value is -2.89. The monoisotopic (exact) mass is 285 g/mol. The predicted octanol–water partition coefficient (Wildman–Crippen LogP) is 2.35. The van der Waals surface area contributed by atoms with E-state index in [1.54, 1.807) is 37.6 Å². The first-order chi connectivity index (χ1) is 10.3. The van der Waals surface area contributed by atoms with E-state index >= 15 is 0 Å². The molecule has 1 aromatic carbocycles. The Morgan fingerprint density at radius 3 is 2.76 bits per heavy atom. The van der Waals surface area contributed by atoms with Gasteiger partial charge in [0.05, 0.1) is 19.0 Å². The van der Waals surface area contributed by atoms with Crippen LogP contribution in [0.2, 0.25) is 0 Å². The number of pyridine rings is 1. The Kier molecular flexibility index (Phi) is 5.28. The average molecular weight is 285 g/mol. The number of carbonyl (C=O) groups excluding carboxylic acids is 1. The standard InChI is InChI=1S/C15H15N3O3/c1-20-14-7-5-12(6-8-14)11-21-15(19)18-17-10-13-4-2-3-9-16-13/h2-10H,11H2,1H3,(H,18,19). The van der Waals surface area contributed by atoms with Crippen molar-refractivity contribution < 1.29 is 14.3 Å². The molecule has 2 rings (SSSR count). The highest BCUT2D eigenvalue weighted by molar-refractivity contribution is 5.78. The second kappa shape index (κ2) is 7.64. The van der Waals surface area contributed by atoms with Gasteiger partial charge in [0.15, 0.2) is 0 Å². The molecule has 2 aromatic rings. The zero-order chi connectivity index (χ0) is 14.9. The maximum absolute atomic E-state index is 11.4. The molecular formula is C15H15N3O3. The van der Waals surface area contributed by atoms with Gasteiger partial charge in [-0.25, -0.2) is 10.2 Å². The topological polar surface area (TPSA) is 72.8 Å². The minimum absolute atomic E-state index is 0.162. The summed E-state index contributed by atoms with van der Waals surface area (Å²) in [5, 5.41) is 3.75. The van der Waals surface area contributed by atoms with Crippen molar-refractivity contribution in [3.63, 3.8) is 0 Å². The first-order valence-electron chi connectivity index (χ1n) is 6.28. The van der Waals surface area contributed by atoms with E-state index < -0.39 is 6.09 Å². The molecule has 0 bridgehead atoms. The number of nitrogens with one attached hydrogen (secondary N) is 1. The van der Waals surface area contributed by atoms with E-state index in [4.69, 9.17) is 9.47 Å². The van der Waals surface area contributed by atoms with Gasteiger partial charge in [-0.1, -0.05) is 18.2 Å². The number of carbonyl (C=O) groups is 1. The van der Waals surface area contributed by atoms with Crippen molar-refractivity contribution in [1.82, 2.24) is 10.4 Å². The summed E-state index contributed by atoms with van der Waals surface area (Å²) in [6.45, 7) is 0.162.